The number of benzene rings is 1. The first-order valence-electron chi connectivity index (χ1n) is 5.30. The van der Waals surface area contributed by atoms with Crippen molar-refractivity contribution in [3.8, 4) is 0 Å². The largest absolute Gasteiger partial charge is 0.310 e. The van der Waals surface area contributed by atoms with Gasteiger partial charge < -0.3 is 5.32 Å². The smallest absolute Gasteiger partial charge is 0.159 e. The fourth-order valence-electron chi connectivity index (χ4n) is 1.51. The Morgan fingerprint density at radius 3 is 2.50 bits per heavy atom. The molecule has 0 aliphatic rings. The molecule has 0 saturated heterocycles. The molecule has 2 atom stereocenters. The highest BCUT2D eigenvalue weighted by molar-refractivity contribution is 9.09. The lowest BCUT2D eigenvalue weighted by atomic mass is 10.1. The summed E-state index contributed by atoms with van der Waals surface area (Å²) in [5.41, 5.74) is 0.757. The first-order chi connectivity index (χ1) is 7.49. The van der Waals surface area contributed by atoms with E-state index in [0.29, 0.717) is 17.4 Å². The summed E-state index contributed by atoms with van der Waals surface area (Å²) in [6, 6.07) is 4.31. The molecule has 1 aromatic rings. The molecule has 90 valence electrons. The van der Waals surface area contributed by atoms with E-state index in [1.165, 1.54) is 6.07 Å². The Labute approximate surface area is 103 Å². The second kappa shape index (κ2) is 6.30. The van der Waals surface area contributed by atoms with Crippen molar-refractivity contribution in [1.82, 2.24) is 5.32 Å². The van der Waals surface area contributed by atoms with Crippen LogP contribution in [0.25, 0.3) is 0 Å². The molecule has 1 rings (SSSR count). The van der Waals surface area contributed by atoms with Gasteiger partial charge in [0.25, 0.3) is 0 Å². The quantitative estimate of drug-likeness (QED) is 0.817. The molecule has 1 N–H and O–H groups in total. The molecule has 0 amide bonds. The summed E-state index contributed by atoms with van der Waals surface area (Å²) in [7, 11) is 0. The molecule has 4 heteroatoms. The van der Waals surface area contributed by atoms with Gasteiger partial charge in [0.15, 0.2) is 11.6 Å². The lowest BCUT2D eigenvalue weighted by Crippen LogP contribution is -2.27. The summed E-state index contributed by atoms with van der Waals surface area (Å²) in [4.78, 5) is 0.444. The van der Waals surface area contributed by atoms with Crippen molar-refractivity contribution in [2.75, 3.05) is 0 Å². The van der Waals surface area contributed by atoms with Crippen molar-refractivity contribution in [2.24, 2.45) is 0 Å². The highest BCUT2D eigenvalue weighted by Crippen LogP contribution is 2.10. The van der Waals surface area contributed by atoms with Gasteiger partial charge in [-0.2, -0.15) is 0 Å². The maximum absolute atomic E-state index is 12.9. The van der Waals surface area contributed by atoms with Gasteiger partial charge in [-0.1, -0.05) is 28.9 Å². The highest BCUT2D eigenvalue weighted by Gasteiger charge is 2.06. The lowest BCUT2D eigenvalue weighted by molar-refractivity contribution is 0.497. The van der Waals surface area contributed by atoms with Crippen molar-refractivity contribution < 1.29 is 8.78 Å². The minimum Gasteiger partial charge on any atom is -0.310 e. The molecule has 1 nitrogen and oxygen atoms in total. The number of rotatable bonds is 5. The standard InChI is InChI=1S/C12H16BrF2N/c1-8(13)5-9(2)16-7-10-3-4-11(14)12(15)6-10/h3-4,6,8-9,16H,5,7H2,1-2H3. The van der Waals surface area contributed by atoms with E-state index in [1.54, 1.807) is 6.07 Å². The van der Waals surface area contributed by atoms with Gasteiger partial charge in [0, 0.05) is 17.4 Å². The Morgan fingerprint density at radius 1 is 1.25 bits per heavy atom. The molecule has 0 bridgehead atoms. The second-order valence-electron chi connectivity index (χ2n) is 4.05. The third kappa shape index (κ3) is 4.58. The van der Waals surface area contributed by atoms with Gasteiger partial charge in [0.1, 0.15) is 0 Å². The van der Waals surface area contributed by atoms with E-state index >= 15 is 0 Å². The number of halogens is 3. The number of alkyl halides is 1. The Bertz CT molecular complexity index is 342. The van der Waals surface area contributed by atoms with Crippen LogP contribution in [0.3, 0.4) is 0 Å². The van der Waals surface area contributed by atoms with E-state index in [9.17, 15) is 8.78 Å². The highest BCUT2D eigenvalue weighted by atomic mass is 79.9. The topological polar surface area (TPSA) is 12.0 Å². The summed E-state index contributed by atoms with van der Waals surface area (Å²) in [6.45, 7) is 4.70. The summed E-state index contributed by atoms with van der Waals surface area (Å²) in [5, 5.41) is 3.26. The first kappa shape index (κ1) is 13.6. The van der Waals surface area contributed by atoms with Gasteiger partial charge in [0.05, 0.1) is 0 Å². The van der Waals surface area contributed by atoms with Gasteiger partial charge in [-0.15, -0.1) is 0 Å². The van der Waals surface area contributed by atoms with E-state index in [2.05, 4.69) is 35.1 Å². The Balaban J connectivity index is 2.45. The van der Waals surface area contributed by atoms with Gasteiger partial charge in [-0.25, -0.2) is 8.78 Å². The van der Waals surface area contributed by atoms with Crippen LogP contribution in [-0.2, 0) is 6.54 Å². The summed E-state index contributed by atoms with van der Waals surface area (Å²) < 4.78 is 25.6. The molecule has 0 spiro atoms. The van der Waals surface area contributed by atoms with Gasteiger partial charge >= 0.3 is 0 Å². The summed E-state index contributed by atoms with van der Waals surface area (Å²) in [6.07, 6.45) is 0.990. The van der Waals surface area contributed by atoms with Crippen LogP contribution in [0.1, 0.15) is 25.8 Å². The molecule has 16 heavy (non-hydrogen) atoms. The van der Waals surface area contributed by atoms with Gasteiger partial charge in [0.2, 0.25) is 0 Å². The Hall–Kier alpha value is -0.480. The second-order valence-corrected chi connectivity index (χ2v) is 5.61. The Morgan fingerprint density at radius 2 is 1.94 bits per heavy atom. The number of hydrogen-bond donors (Lipinski definition) is 1. The van der Waals surface area contributed by atoms with Crippen molar-refractivity contribution in [2.45, 2.75) is 37.7 Å². The zero-order valence-corrected chi connectivity index (χ0v) is 11.0. The summed E-state index contributed by atoms with van der Waals surface area (Å²) in [5.74, 6) is -1.59. The van der Waals surface area contributed by atoms with E-state index < -0.39 is 11.6 Å². The van der Waals surface area contributed by atoms with Crippen LogP contribution in [0.15, 0.2) is 18.2 Å². The monoisotopic (exact) mass is 291 g/mol. The fourth-order valence-corrected chi connectivity index (χ4v) is 2.07. The first-order valence-corrected chi connectivity index (χ1v) is 6.22. The molecule has 0 heterocycles. The average molecular weight is 292 g/mol. The molecule has 0 radical (unpaired) electrons. The third-order valence-corrected chi connectivity index (χ3v) is 2.69. The van der Waals surface area contributed by atoms with Crippen LogP contribution >= 0.6 is 15.9 Å². The molecule has 0 aliphatic heterocycles. The zero-order chi connectivity index (χ0) is 12.1. The van der Waals surface area contributed by atoms with Crippen molar-refractivity contribution in [1.29, 1.82) is 0 Å². The molecule has 0 fully saturated rings. The third-order valence-electron chi connectivity index (χ3n) is 2.32. The lowest BCUT2D eigenvalue weighted by Gasteiger charge is -2.15. The SMILES string of the molecule is CC(Br)CC(C)NCc1ccc(F)c(F)c1. The molecule has 0 aromatic heterocycles. The fraction of sp³-hybridized carbons (Fsp3) is 0.500. The minimum atomic E-state index is -0.800. The van der Waals surface area contributed by atoms with Crippen molar-refractivity contribution in [3.63, 3.8) is 0 Å². The molecule has 0 saturated carbocycles. The van der Waals surface area contributed by atoms with Gasteiger partial charge in [-0.3, -0.25) is 0 Å². The van der Waals surface area contributed by atoms with Crippen molar-refractivity contribution >= 4 is 15.9 Å². The number of nitrogens with one attached hydrogen (secondary N) is 1. The summed E-state index contributed by atoms with van der Waals surface area (Å²) >= 11 is 3.47. The molecule has 1 aromatic carbocycles. The Kier molecular flexibility index (Phi) is 5.35. The normalized spacial score (nSPS) is 14.8. The van der Waals surface area contributed by atoms with E-state index in [1.807, 2.05) is 0 Å². The maximum atomic E-state index is 12.9. The van der Waals surface area contributed by atoms with E-state index in [4.69, 9.17) is 0 Å². The average Bonchev–Trinajstić information content (AvgIpc) is 2.19. The van der Waals surface area contributed by atoms with Crippen LogP contribution in [0.4, 0.5) is 8.78 Å². The molecular formula is C12H16BrF2N. The predicted molar refractivity (Wildman–Crippen MR) is 65.7 cm³/mol. The van der Waals surface area contributed by atoms with Crippen LogP contribution in [0.2, 0.25) is 0 Å². The van der Waals surface area contributed by atoms with Crippen LogP contribution in [0.5, 0.6) is 0 Å². The molecule has 2 unspecified atom stereocenters. The van der Waals surface area contributed by atoms with E-state index in [0.717, 1.165) is 18.1 Å². The molecular weight excluding hydrogens is 276 g/mol. The maximum Gasteiger partial charge on any atom is 0.159 e. The van der Waals surface area contributed by atoms with Crippen LogP contribution < -0.4 is 5.32 Å². The zero-order valence-electron chi connectivity index (χ0n) is 9.43. The van der Waals surface area contributed by atoms with E-state index in [-0.39, 0.29) is 0 Å². The minimum absolute atomic E-state index is 0.336. The number of hydrogen-bond acceptors (Lipinski definition) is 1. The predicted octanol–water partition coefficient (Wildman–Crippen LogP) is 3.62. The van der Waals surface area contributed by atoms with Crippen LogP contribution in [0, 0.1) is 11.6 Å². The van der Waals surface area contributed by atoms with Crippen molar-refractivity contribution in [3.05, 3.63) is 35.4 Å². The van der Waals surface area contributed by atoms with Gasteiger partial charge in [-0.05, 0) is 31.0 Å². The van der Waals surface area contributed by atoms with Crippen LogP contribution in [-0.4, -0.2) is 10.9 Å². The molecule has 0 aliphatic carbocycles.